The molecule has 120 valence electrons. The predicted octanol–water partition coefficient (Wildman–Crippen LogP) is 1.93. The monoisotopic (exact) mass is 323 g/mol. The quantitative estimate of drug-likeness (QED) is 0.897. The number of aryl methyl sites for hydroxylation is 1. The first-order chi connectivity index (χ1) is 10.5. The van der Waals surface area contributed by atoms with Crippen molar-refractivity contribution >= 4 is 23.6 Å². The number of thioether (sulfide) groups is 1. The fourth-order valence-electron chi connectivity index (χ4n) is 2.44. The standard InChI is InChI=1S/C16H21NO4S/c1-11-4-3-5-13(6-11)9-22-10-15(18)17-7-12(2)21-14(8-17)16(19)20/h3-6,12,14H,7-10H2,1-2H3,(H,19,20)/t12-,14?/m1/s1. The van der Waals surface area contributed by atoms with Gasteiger partial charge in [-0.25, -0.2) is 4.79 Å². The molecule has 0 saturated carbocycles. The predicted molar refractivity (Wildman–Crippen MR) is 85.9 cm³/mol. The SMILES string of the molecule is Cc1cccc(CSCC(=O)N2CC(C(=O)O)O[C@H](C)C2)c1. The van der Waals surface area contributed by atoms with Gasteiger partial charge < -0.3 is 14.7 Å². The lowest BCUT2D eigenvalue weighted by Crippen LogP contribution is -2.52. The lowest BCUT2D eigenvalue weighted by atomic mass is 10.2. The number of benzene rings is 1. The number of amides is 1. The maximum atomic E-state index is 12.2. The minimum atomic E-state index is -1.02. The van der Waals surface area contributed by atoms with Crippen molar-refractivity contribution in [3.05, 3.63) is 35.4 Å². The van der Waals surface area contributed by atoms with E-state index < -0.39 is 12.1 Å². The molecule has 0 spiro atoms. The molecule has 0 bridgehead atoms. The number of hydrogen-bond acceptors (Lipinski definition) is 4. The van der Waals surface area contributed by atoms with Crippen LogP contribution in [0.2, 0.25) is 0 Å². The lowest BCUT2D eigenvalue weighted by molar-refractivity contribution is -0.165. The van der Waals surface area contributed by atoms with Gasteiger partial charge in [0, 0.05) is 12.3 Å². The van der Waals surface area contributed by atoms with Gasteiger partial charge in [-0.2, -0.15) is 0 Å². The summed E-state index contributed by atoms with van der Waals surface area (Å²) in [5, 5.41) is 9.04. The first-order valence-electron chi connectivity index (χ1n) is 7.25. The number of ether oxygens (including phenoxy) is 1. The van der Waals surface area contributed by atoms with Crippen molar-refractivity contribution in [2.24, 2.45) is 0 Å². The van der Waals surface area contributed by atoms with Crippen LogP contribution < -0.4 is 0 Å². The number of nitrogens with zero attached hydrogens (tertiary/aromatic N) is 1. The van der Waals surface area contributed by atoms with Crippen LogP contribution in [0.15, 0.2) is 24.3 Å². The number of hydrogen-bond donors (Lipinski definition) is 1. The molecule has 0 aromatic heterocycles. The maximum Gasteiger partial charge on any atom is 0.334 e. The smallest absolute Gasteiger partial charge is 0.334 e. The fraction of sp³-hybridized carbons (Fsp3) is 0.500. The molecule has 1 aromatic rings. The molecule has 0 radical (unpaired) electrons. The van der Waals surface area contributed by atoms with Crippen LogP contribution in [0.1, 0.15) is 18.1 Å². The van der Waals surface area contributed by atoms with Crippen LogP contribution in [-0.4, -0.2) is 52.9 Å². The molecule has 1 aromatic carbocycles. The molecule has 22 heavy (non-hydrogen) atoms. The summed E-state index contributed by atoms with van der Waals surface area (Å²) in [5.74, 6) is 0.0821. The minimum Gasteiger partial charge on any atom is -0.479 e. The molecular formula is C16H21NO4S. The summed E-state index contributed by atoms with van der Waals surface area (Å²) in [7, 11) is 0. The zero-order chi connectivity index (χ0) is 16.1. The van der Waals surface area contributed by atoms with E-state index >= 15 is 0 Å². The van der Waals surface area contributed by atoms with Crippen molar-refractivity contribution in [2.45, 2.75) is 31.8 Å². The highest BCUT2D eigenvalue weighted by atomic mass is 32.2. The topological polar surface area (TPSA) is 66.8 Å². The molecule has 0 aliphatic carbocycles. The van der Waals surface area contributed by atoms with E-state index in [0.717, 1.165) is 5.75 Å². The van der Waals surface area contributed by atoms with E-state index in [0.29, 0.717) is 12.3 Å². The van der Waals surface area contributed by atoms with Gasteiger partial charge in [-0.3, -0.25) is 4.79 Å². The Morgan fingerprint density at radius 3 is 2.86 bits per heavy atom. The summed E-state index contributed by atoms with van der Waals surface area (Å²) in [4.78, 5) is 24.8. The van der Waals surface area contributed by atoms with Gasteiger partial charge in [0.05, 0.1) is 18.4 Å². The van der Waals surface area contributed by atoms with Crippen molar-refractivity contribution in [3.63, 3.8) is 0 Å². The Morgan fingerprint density at radius 1 is 1.41 bits per heavy atom. The van der Waals surface area contributed by atoms with Crippen molar-refractivity contribution < 1.29 is 19.4 Å². The summed E-state index contributed by atoms with van der Waals surface area (Å²) < 4.78 is 5.31. The number of carboxylic acid groups (broad SMARTS) is 1. The molecule has 5 nitrogen and oxygen atoms in total. The molecule has 1 saturated heterocycles. The number of rotatable bonds is 5. The number of carboxylic acids is 1. The van der Waals surface area contributed by atoms with Crippen LogP contribution >= 0.6 is 11.8 Å². The molecular weight excluding hydrogens is 302 g/mol. The third-order valence-electron chi connectivity index (χ3n) is 3.47. The summed E-state index contributed by atoms with van der Waals surface area (Å²) in [6, 6.07) is 8.20. The number of carbonyl (C=O) groups is 2. The Morgan fingerprint density at radius 2 is 2.18 bits per heavy atom. The molecule has 1 aliphatic rings. The molecule has 6 heteroatoms. The summed E-state index contributed by atoms with van der Waals surface area (Å²) in [6.07, 6.45) is -1.17. The summed E-state index contributed by atoms with van der Waals surface area (Å²) in [5.41, 5.74) is 2.40. The minimum absolute atomic E-state index is 0.0287. The average molecular weight is 323 g/mol. The highest BCUT2D eigenvalue weighted by Crippen LogP contribution is 2.17. The molecule has 1 N–H and O–H groups in total. The molecule has 1 heterocycles. The van der Waals surface area contributed by atoms with Gasteiger partial charge in [-0.05, 0) is 19.4 Å². The van der Waals surface area contributed by atoms with Crippen molar-refractivity contribution in [1.29, 1.82) is 0 Å². The molecule has 1 fully saturated rings. The molecule has 1 aliphatic heterocycles. The van der Waals surface area contributed by atoms with Crippen LogP contribution in [0, 0.1) is 6.92 Å². The number of carbonyl (C=O) groups excluding carboxylic acids is 1. The Labute approximate surface area is 134 Å². The average Bonchev–Trinajstić information content (AvgIpc) is 2.46. The van der Waals surface area contributed by atoms with Crippen LogP contribution in [0.3, 0.4) is 0 Å². The van der Waals surface area contributed by atoms with E-state index in [4.69, 9.17) is 9.84 Å². The third kappa shape index (κ3) is 4.74. The van der Waals surface area contributed by atoms with Gasteiger partial charge in [-0.15, -0.1) is 11.8 Å². The van der Waals surface area contributed by atoms with Gasteiger partial charge in [0.15, 0.2) is 6.10 Å². The van der Waals surface area contributed by atoms with E-state index in [9.17, 15) is 9.59 Å². The normalized spacial score (nSPS) is 21.6. The molecule has 2 rings (SSSR count). The lowest BCUT2D eigenvalue weighted by Gasteiger charge is -2.34. The van der Waals surface area contributed by atoms with E-state index in [-0.39, 0.29) is 18.6 Å². The van der Waals surface area contributed by atoms with Crippen LogP contribution in [0.25, 0.3) is 0 Å². The number of aliphatic carboxylic acids is 1. The second-order valence-electron chi connectivity index (χ2n) is 5.55. The Hall–Kier alpha value is -1.53. The first-order valence-corrected chi connectivity index (χ1v) is 8.40. The van der Waals surface area contributed by atoms with Crippen LogP contribution in [0.4, 0.5) is 0 Å². The fourth-order valence-corrected chi connectivity index (χ4v) is 3.32. The van der Waals surface area contributed by atoms with Gasteiger partial charge >= 0.3 is 5.97 Å². The molecule has 2 atom stereocenters. The Kier molecular flexibility index (Phi) is 5.85. The second-order valence-corrected chi connectivity index (χ2v) is 6.54. The Balaban J connectivity index is 1.82. The molecule has 1 unspecified atom stereocenters. The second kappa shape index (κ2) is 7.65. The molecule has 1 amide bonds. The van der Waals surface area contributed by atoms with Crippen LogP contribution in [-0.2, 0) is 20.1 Å². The summed E-state index contributed by atoms with van der Waals surface area (Å²) >= 11 is 1.55. The van der Waals surface area contributed by atoms with E-state index in [2.05, 4.69) is 6.07 Å². The van der Waals surface area contributed by atoms with E-state index in [1.807, 2.05) is 25.1 Å². The first kappa shape index (κ1) is 16.8. The van der Waals surface area contributed by atoms with Crippen molar-refractivity contribution in [3.8, 4) is 0 Å². The van der Waals surface area contributed by atoms with Crippen LogP contribution in [0.5, 0.6) is 0 Å². The highest BCUT2D eigenvalue weighted by molar-refractivity contribution is 7.99. The number of morpholine rings is 1. The zero-order valence-electron chi connectivity index (χ0n) is 12.8. The van der Waals surface area contributed by atoms with E-state index in [1.54, 1.807) is 23.6 Å². The van der Waals surface area contributed by atoms with Crippen molar-refractivity contribution in [2.75, 3.05) is 18.8 Å². The maximum absolute atomic E-state index is 12.2. The largest absolute Gasteiger partial charge is 0.479 e. The van der Waals surface area contributed by atoms with Crippen molar-refractivity contribution in [1.82, 2.24) is 4.90 Å². The zero-order valence-corrected chi connectivity index (χ0v) is 13.6. The third-order valence-corrected chi connectivity index (χ3v) is 4.45. The van der Waals surface area contributed by atoms with Gasteiger partial charge in [0.1, 0.15) is 0 Å². The van der Waals surface area contributed by atoms with E-state index in [1.165, 1.54) is 11.1 Å². The highest BCUT2D eigenvalue weighted by Gasteiger charge is 2.32. The summed E-state index contributed by atoms with van der Waals surface area (Å²) in [6.45, 7) is 4.41. The van der Waals surface area contributed by atoms with Gasteiger partial charge in [0.25, 0.3) is 0 Å². The Bertz CT molecular complexity index is 549. The van der Waals surface area contributed by atoms with Gasteiger partial charge in [0.2, 0.25) is 5.91 Å². The van der Waals surface area contributed by atoms with Gasteiger partial charge in [-0.1, -0.05) is 29.8 Å².